The van der Waals surface area contributed by atoms with Crippen molar-refractivity contribution in [3.8, 4) is 0 Å². The molecule has 1 heteroatoms. The minimum atomic E-state index is 0.348. The van der Waals surface area contributed by atoms with E-state index < -0.39 is 0 Å². The van der Waals surface area contributed by atoms with Gasteiger partial charge in [-0.2, -0.15) is 0 Å². The summed E-state index contributed by atoms with van der Waals surface area (Å²) >= 11 is 0.348. The summed E-state index contributed by atoms with van der Waals surface area (Å²) in [5, 5.41) is 2.70. The van der Waals surface area contributed by atoms with E-state index in [9.17, 15) is 0 Å². The van der Waals surface area contributed by atoms with Crippen molar-refractivity contribution in [1.29, 1.82) is 0 Å². The monoisotopic (exact) mass is 310 g/mol. The van der Waals surface area contributed by atoms with Crippen LogP contribution in [0, 0.1) is 0 Å². The molecule has 0 nitrogen and oxygen atoms in total. The molecule has 0 bridgehead atoms. The van der Waals surface area contributed by atoms with E-state index in [1.54, 1.807) is 0 Å². The molecule has 0 aliphatic rings. The van der Waals surface area contributed by atoms with Crippen LogP contribution in [0.15, 0.2) is 73.3 Å². The number of fused-ring (bicyclic) bond motifs is 1. The van der Waals surface area contributed by atoms with E-state index in [4.69, 9.17) is 0 Å². The van der Waals surface area contributed by atoms with Gasteiger partial charge < -0.3 is 0 Å². The van der Waals surface area contributed by atoms with Crippen LogP contribution in [0.1, 0.15) is 5.56 Å². The van der Waals surface area contributed by atoms with Gasteiger partial charge in [-0.25, -0.2) is 0 Å². The number of hydrogen-bond acceptors (Lipinski definition) is 0. The fourth-order valence-corrected chi connectivity index (χ4v) is 4.12. The van der Waals surface area contributed by atoms with E-state index in [0.717, 1.165) is 0 Å². The van der Waals surface area contributed by atoms with Crippen molar-refractivity contribution in [2.75, 3.05) is 0 Å². The Morgan fingerprint density at radius 3 is 2.32 bits per heavy atom. The third kappa shape index (κ3) is 2.63. The first kappa shape index (κ1) is 12.2. The Hall–Kier alpha value is -1.82. The Kier molecular flexibility index (Phi) is 3.50. The van der Waals surface area contributed by atoms with Gasteiger partial charge in [0.25, 0.3) is 0 Å². The second-order valence-corrected chi connectivity index (χ2v) is 6.69. The van der Waals surface area contributed by atoms with Crippen molar-refractivity contribution in [2.24, 2.45) is 0 Å². The molecule has 0 radical (unpaired) electrons. The molecule has 0 amide bonds. The second kappa shape index (κ2) is 5.44. The molecule has 3 aromatic rings. The Morgan fingerprint density at radius 1 is 0.789 bits per heavy atom. The molecule has 0 heterocycles. The van der Waals surface area contributed by atoms with Gasteiger partial charge in [0, 0.05) is 0 Å². The zero-order valence-electron chi connectivity index (χ0n) is 10.5. The van der Waals surface area contributed by atoms with Gasteiger partial charge in [0.2, 0.25) is 0 Å². The number of benzene rings is 3. The topological polar surface area (TPSA) is 0 Å². The average molecular weight is 309 g/mol. The molecule has 92 valence electrons. The van der Waals surface area contributed by atoms with Crippen molar-refractivity contribution in [2.45, 2.75) is 0 Å². The van der Waals surface area contributed by atoms with Crippen molar-refractivity contribution in [1.82, 2.24) is 0 Å². The normalized spacial score (nSPS) is 10.5. The van der Waals surface area contributed by atoms with Crippen molar-refractivity contribution in [3.05, 3.63) is 78.9 Å². The molecule has 3 rings (SSSR count). The van der Waals surface area contributed by atoms with Crippen LogP contribution in [-0.4, -0.2) is 15.0 Å². The maximum atomic E-state index is 3.79. The Bertz CT molecular complexity index is 706. The summed E-state index contributed by atoms with van der Waals surface area (Å²) in [7, 11) is 0. The van der Waals surface area contributed by atoms with Gasteiger partial charge in [-0.1, -0.05) is 0 Å². The van der Waals surface area contributed by atoms with E-state index in [1.165, 1.54) is 25.3 Å². The van der Waals surface area contributed by atoms with Crippen molar-refractivity contribution in [3.63, 3.8) is 0 Å². The second-order valence-electron chi connectivity index (χ2n) is 4.35. The molecule has 19 heavy (non-hydrogen) atoms. The molecule has 0 aliphatic carbocycles. The molecule has 0 N–H and O–H groups in total. The van der Waals surface area contributed by atoms with Crippen LogP contribution >= 0.6 is 0 Å². The molecule has 0 saturated carbocycles. The standard InChI is InChI=1S/C18H14Se/c1-2-14-10-12-16(13-11-14)19-18-9-5-7-15-6-3-4-8-17(15)18/h2-13H,1H2. The first-order valence-corrected chi connectivity index (χ1v) is 7.96. The Labute approximate surface area is 119 Å². The third-order valence-electron chi connectivity index (χ3n) is 3.09. The van der Waals surface area contributed by atoms with Crippen LogP contribution in [0.3, 0.4) is 0 Å². The zero-order valence-corrected chi connectivity index (χ0v) is 12.3. The quantitative estimate of drug-likeness (QED) is 0.652. The molecule has 0 aliphatic heterocycles. The van der Waals surface area contributed by atoms with Crippen LogP contribution in [-0.2, 0) is 0 Å². The van der Waals surface area contributed by atoms with E-state index in [0.29, 0.717) is 15.0 Å². The molecule has 3 aromatic carbocycles. The zero-order chi connectivity index (χ0) is 13.1. The summed E-state index contributed by atoms with van der Waals surface area (Å²) in [5.41, 5.74) is 1.18. The summed E-state index contributed by atoms with van der Waals surface area (Å²) in [5.74, 6) is 0. The Balaban J connectivity index is 1.98. The summed E-state index contributed by atoms with van der Waals surface area (Å²) in [6.45, 7) is 3.79. The van der Waals surface area contributed by atoms with Gasteiger partial charge in [0.1, 0.15) is 0 Å². The molecule has 0 saturated heterocycles. The average Bonchev–Trinajstić information content (AvgIpc) is 2.48. The van der Waals surface area contributed by atoms with Crippen molar-refractivity contribution < 1.29 is 0 Å². The summed E-state index contributed by atoms with van der Waals surface area (Å²) in [4.78, 5) is 0. The number of hydrogen-bond donors (Lipinski definition) is 0. The molecule has 0 spiro atoms. The van der Waals surface area contributed by atoms with Gasteiger partial charge in [-0.3, -0.25) is 0 Å². The fraction of sp³-hybridized carbons (Fsp3) is 0. The van der Waals surface area contributed by atoms with Gasteiger partial charge in [0.15, 0.2) is 0 Å². The predicted molar refractivity (Wildman–Crippen MR) is 85.5 cm³/mol. The molecular formula is C18H14Se. The van der Waals surface area contributed by atoms with E-state index in [2.05, 4.69) is 73.3 Å². The van der Waals surface area contributed by atoms with Crippen LogP contribution in [0.25, 0.3) is 16.8 Å². The molecular weight excluding hydrogens is 295 g/mol. The molecule has 0 aromatic heterocycles. The molecule has 0 fully saturated rings. The molecule has 0 unspecified atom stereocenters. The minimum absolute atomic E-state index is 0.348. The first-order chi connectivity index (χ1) is 9.36. The van der Waals surface area contributed by atoms with Crippen LogP contribution in [0.5, 0.6) is 0 Å². The summed E-state index contributed by atoms with van der Waals surface area (Å²) in [6, 6.07) is 23.8. The van der Waals surface area contributed by atoms with E-state index in [1.807, 2.05) is 6.08 Å². The number of rotatable bonds is 3. The fourth-order valence-electron chi connectivity index (χ4n) is 2.08. The van der Waals surface area contributed by atoms with Crippen LogP contribution in [0.4, 0.5) is 0 Å². The van der Waals surface area contributed by atoms with Crippen molar-refractivity contribution >= 4 is 40.7 Å². The van der Waals surface area contributed by atoms with Gasteiger partial charge in [0.05, 0.1) is 0 Å². The van der Waals surface area contributed by atoms with Gasteiger partial charge in [-0.05, 0) is 0 Å². The first-order valence-electron chi connectivity index (χ1n) is 6.25. The third-order valence-corrected chi connectivity index (χ3v) is 5.37. The van der Waals surface area contributed by atoms with Gasteiger partial charge in [-0.15, -0.1) is 0 Å². The summed E-state index contributed by atoms with van der Waals surface area (Å²) < 4.78 is 2.84. The van der Waals surface area contributed by atoms with E-state index in [-0.39, 0.29) is 0 Å². The van der Waals surface area contributed by atoms with E-state index >= 15 is 0 Å². The predicted octanol–water partition coefficient (Wildman–Crippen LogP) is 3.14. The van der Waals surface area contributed by atoms with Crippen LogP contribution in [0.2, 0.25) is 0 Å². The van der Waals surface area contributed by atoms with Gasteiger partial charge >= 0.3 is 120 Å². The molecule has 0 atom stereocenters. The Morgan fingerprint density at radius 2 is 1.53 bits per heavy atom. The summed E-state index contributed by atoms with van der Waals surface area (Å²) in [6.07, 6.45) is 1.88. The van der Waals surface area contributed by atoms with Crippen LogP contribution < -0.4 is 8.92 Å². The maximum absolute atomic E-state index is 3.79. The SMILES string of the molecule is C=Cc1ccc([Se]c2cccc3ccccc23)cc1.